The molecule has 4 rings (SSSR count). The molecule has 0 saturated carbocycles. The summed E-state index contributed by atoms with van der Waals surface area (Å²) >= 11 is 0. The van der Waals surface area contributed by atoms with Crippen molar-refractivity contribution in [1.29, 1.82) is 0 Å². The number of hydrogen-bond donors (Lipinski definition) is 1. The highest BCUT2D eigenvalue weighted by molar-refractivity contribution is 5.92. The minimum atomic E-state index is -0.0508. The number of benzene rings is 2. The van der Waals surface area contributed by atoms with Gasteiger partial charge in [0.15, 0.2) is 0 Å². The molecule has 1 N–H and O–H groups in total. The van der Waals surface area contributed by atoms with Crippen molar-refractivity contribution in [2.45, 2.75) is 32.4 Å². The second-order valence-electron chi connectivity index (χ2n) is 7.56. The van der Waals surface area contributed by atoms with Gasteiger partial charge < -0.3 is 14.8 Å². The molecule has 2 heterocycles. The van der Waals surface area contributed by atoms with Crippen molar-refractivity contribution in [3.63, 3.8) is 0 Å². The molecule has 0 radical (unpaired) electrons. The van der Waals surface area contributed by atoms with E-state index < -0.39 is 0 Å². The van der Waals surface area contributed by atoms with E-state index in [4.69, 9.17) is 0 Å². The van der Waals surface area contributed by atoms with Gasteiger partial charge in [-0.1, -0.05) is 60.7 Å². The molecular weight excluding hydrogens is 360 g/mol. The molecule has 0 aliphatic carbocycles. The number of nitrogens with zero attached hydrogens (tertiary/aromatic N) is 3. The molecule has 1 amide bonds. The number of imidazole rings is 1. The van der Waals surface area contributed by atoms with Gasteiger partial charge in [-0.05, 0) is 30.5 Å². The molecule has 5 heteroatoms. The minimum absolute atomic E-state index is 0.0508. The topological polar surface area (TPSA) is 50.2 Å². The van der Waals surface area contributed by atoms with Gasteiger partial charge in [-0.25, -0.2) is 4.98 Å². The Morgan fingerprint density at radius 1 is 0.931 bits per heavy atom. The van der Waals surface area contributed by atoms with Crippen LogP contribution in [0.15, 0.2) is 66.9 Å². The Morgan fingerprint density at radius 3 is 2.41 bits per heavy atom. The predicted molar refractivity (Wildman–Crippen MR) is 115 cm³/mol. The largest absolute Gasteiger partial charge is 0.347 e. The van der Waals surface area contributed by atoms with Crippen LogP contribution in [0.5, 0.6) is 0 Å². The van der Waals surface area contributed by atoms with E-state index >= 15 is 0 Å². The Balaban J connectivity index is 1.30. The van der Waals surface area contributed by atoms with Gasteiger partial charge in [-0.3, -0.25) is 4.79 Å². The van der Waals surface area contributed by atoms with Crippen molar-refractivity contribution >= 4 is 5.91 Å². The van der Waals surface area contributed by atoms with Crippen molar-refractivity contribution in [3.8, 4) is 0 Å². The zero-order valence-electron chi connectivity index (χ0n) is 16.8. The number of amides is 1. The molecular formula is C24H28N4O. The van der Waals surface area contributed by atoms with E-state index in [2.05, 4.69) is 50.1 Å². The molecule has 5 nitrogen and oxygen atoms in total. The van der Waals surface area contributed by atoms with Gasteiger partial charge in [0, 0.05) is 32.6 Å². The van der Waals surface area contributed by atoms with Crippen LogP contribution in [0, 0.1) is 0 Å². The second kappa shape index (κ2) is 9.52. The predicted octanol–water partition coefficient (Wildman–Crippen LogP) is 3.30. The molecule has 2 aromatic carbocycles. The monoisotopic (exact) mass is 388 g/mol. The fourth-order valence-corrected chi connectivity index (χ4v) is 3.90. The summed E-state index contributed by atoms with van der Waals surface area (Å²) in [5.41, 5.74) is 3.16. The number of rotatable bonds is 7. The fourth-order valence-electron chi connectivity index (χ4n) is 3.90. The summed E-state index contributed by atoms with van der Waals surface area (Å²) in [6.07, 6.45) is 4.86. The third-order valence-electron chi connectivity index (χ3n) is 5.54. The van der Waals surface area contributed by atoms with E-state index in [9.17, 15) is 4.79 Å². The molecule has 0 saturated heterocycles. The maximum atomic E-state index is 12.7. The maximum Gasteiger partial charge on any atom is 0.269 e. The first-order valence-electron chi connectivity index (χ1n) is 10.4. The fraction of sp³-hybridized carbons (Fsp3) is 0.333. The van der Waals surface area contributed by atoms with Crippen molar-refractivity contribution in [3.05, 3.63) is 89.5 Å². The molecule has 3 aromatic rings. The van der Waals surface area contributed by atoms with Gasteiger partial charge in [-0.15, -0.1) is 0 Å². The quantitative estimate of drug-likeness (QED) is 0.676. The van der Waals surface area contributed by atoms with Crippen LogP contribution in [0.2, 0.25) is 0 Å². The summed E-state index contributed by atoms with van der Waals surface area (Å²) in [5.74, 6) is 0.963. The molecule has 0 fully saturated rings. The van der Waals surface area contributed by atoms with E-state index in [0.29, 0.717) is 12.2 Å². The van der Waals surface area contributed by atoms with Crippen molar-refractivity contribution < 1.29 is 4.79 Å². The Labute approximate surface area is 172 Å². The van der Waals surface area contributed by atoms with Crippen LogP contribution in [0.4, 0.5) is 0 Å². The summed E-state index contributed by atoms with van der Waals surface area (Å²) < 4.78 is 2.09. The molecule has 0 unspecified atom stereocenters. The molecule has 150 valence electrons. The molecule has 1 aliphatic rings. The summed E-state index contributed by atoms with van der Waals surface area (Å²) in [4.78, 5) is 19.7. The van der Waals surface area contributed by atoms with Gasteiger partial charge >= 0.3 is 0 Å². The zero-order chi connectivity index (χ0) is 19.9. The van der Waals surface area contributed by atoms with Gasteiger partial charge in [0.1, 0.15) is 11.5 Å². The summed E-state index contributed by atoms with van der Waals surface area (Å²) in [6.45, 7) is 4.38. The number of aryl methyl sites for hydroxylation is 1. The lowest BCUT2D eigenvalue weighted by molar-refractivity contribution is 0.0941. The van der Waals surface area contributed by atoms with Crippen LogP contribution in [0.25, 0.3) is 0 Å². The van der Waals surface area contributed by atoms with Crippen LogP contribution < -0.4 is 5.32 Å². The third kappa shape index (κ3) is 5.12. The van der Waals surface area contributed by atoms with Crippen molar-refractivity contribution in [2.24, 2.45) is 0 Å². The van der Waals surface area contributed by atoms with E-state index in [1.165, 1.54) is 5.56 Å². The first-order chi connectivity index (χ1) is 14.3. The summed E-state index contributed by atoms with van der Waals surface area (Å²) in [6, 6.07) is 20.6. The number of carbonyl (C=O) groups is 1. The Kier molecular flexibility index (Phi) is 6.37. The molecule has 29 heavy (non-hydrogen) atoms. The Bertz CT molecular complexity index is 921. The van der Waals surface area contributed by atoms with E-state index in [-0.39, 0.29) is 5.91 Å². The lowest BCUT2D eigenvalue weighted by Gasteiger charge is -2.19. The Hall–Kier alpha value is -2.92. The van der Waals surface area contributed by atoms with Gasteiger partial charge in [0.25, 0.3) is 5.91 Å². The highest BCUT2D eigenvalue weighted by atomic mass is 16.1. The highest BCUT2D eigenvalue weighted by Gasteiger charge is 2.20. The van der Waals surface area contributed by atoms with Gasteiger partial charge in [0.2, 0.25) is 0 Å². The molecule has 0 bridgehead atoms. The molecule has 0 spiro atoms. The SMILES string of the molecule is O=C(NCc1ccccc1)c1cnc2n1CCN(CCCc1ccccc1)CC2. The first kappa shape index (κ1) is 19.4. The van der Waals surface area contributed by atoms with Crippen LogP contribution in [0.1, 0.15) is 33.9 Å². The smallest absolute Gasteiger partial charge is 0.269 e. The van der Waals surface area contributed by atoms with E-state index in [0.717, 1.165) is 56.8 Å². The zero-order valence-corrected chi connectivity index (χ0v) is 16.8. The summed E-state index contributed by atoms with van der Waals surface area (Å²) in [7, 11) is 0. The number of nitrogens with one attached hydrogen (secondary N) is 1. The summed E-state index contributed by atoms with van der Waals surface area (Å²) in [5, 5.41) is 3.02. The van der Waals surface area contributed by atoms with Crippen LogP contribution in [-0.2, 0) is 25.9 Å². The number of aromatic nitrogens is 2. The molecule has 1 aliphatic heterocycles. The van der Waals surface area contributed by atoms with Crippen molar-refractivity contribution in [1.82, 2.24) is 19.8 Å². The number of hydrogen-bond acceptors (Lipinski definition) is 3. The highest BCUT2D eigenvalue weighted by Crippen LogP contribution is 2.13. The first-order valence-corrected chi connectivity index (χ1v) is 10.4. The standard InChI is InChI=1S/C24H28N4O/c29-24(26-18-21-10-5-2-6-11-21)22-19-25-23-13-15-27(16-17-28(22)23)14-7-12-20-8-3-1-4-9-20/h1-6,8-11,19H,7,12-18H2,(H,26,29). The van der Waals surface area contributed by atoms with Gasteiger partial charge in [0.05, 0.1) is 6.20 Å². The third-order valence-corrected chi connectivity index (χ3v) is 5.54. The normalized spacial score (nSPS) is 14.2. The lowest BCUT2D eigenvalue weighted by Crippen LogP contribution is -2.29. The van der Waals surface area contributed by atoms with Gasteiger partial charge in [-0.2, -0.15) is 0 Å². The maximum absolute atomic E-state index is 12.7. The van der Waals surface area contributed by atoms with Crippen LogP contribution in [0.3, 0.4) is 0 Å². The number of fused-ring (bicyclic) bond motifs is 1. The molecule has 1 aromatic heterocycles. The van der Waals surface area contributed by atoms with Crippen LogP contribution in [-0.4, -0.2) is 40.0 Å². The average Bonchev–Trinajstić information content (AvgIpc) is 3.07. The number of carbonyl (C=O) groups excluding carboxylic acids is 1. The second-order valence-corrected chi connectivity index (χ2v) is 7.56. The van der Waals surface area contributed by atoms with E-state index in [1.54, 1.807) is 6.20 Å². The van der Waals surface area contributed by atoms with Crippen molar-refractivity contribution in [2.75, 3.05) is 19.6 Å². The lowest BCUT2D eigenvalue weighted by atomic mass is 10.1. The average molecular weight is 389 g/mol. The van der Waals surface area contributed by atoms with E-state index in [1.807, 2.05) is 30.3 Å². The Morgan fingerprint density at radius 2 is 1.66 bits per heavy atom. The van der Waals surface area contributed by atoms with Crippen LogP contribution >= 0.6 is 0 Å². The molecule has 0 atom stereocenters. The minimum Gasteiger partial charge on any atom is -0.347 e.